The van der Waals surface area contributed by atoms with E-state index < -0.39 is 0 Å². The van der Waals surface area contributed by atoms with Gasteiger partial charge in [-0.1, -0.05) is 0 Å². The summed E-state index contributed by atoms with van der Waals surface area (Å²) in [5.41, 5.74) is 8.62. The van der Waals surface area contributed by atoms with Crippen LogP contribution in [0.4, 0.5) is 10.1 Å². The van der Waals surface area contributed by atoms with Gasteiger partial charge in [0.2, 0.25) is 0 Å². The summed E-state index contributed by atoms with van der Waals surface area (Å²) in [6.07, 6.45) is 4.07. The Bertz CT molecular complexity index is 462. The standard InChI is InChI=1S/C16H25FN2O/c1-11-9-16(14(12(2)18)10-15(11)17)19-7-3-5-13(19)6-4-8-20/h9-10,12-13,20H,3-8,18H2,1-2H3. The maximum Gasteiger partial charge on any atom is 0.126 e. The minimum Gasteiger partial charge on any atom is -0.396 e. The smallest absolute Gasteiger partial charge is 0.126 e. The van der Waals surface area contributed by atoms with Gasteiger partial charge in [0.05, 0.1) is 0 Å². The SMILES string of the molecule is Cc1cc(N2CCCC2CCCO)c(C(C)N)cc1F. The van der Waals surface area contributed by atoms with Gasteiger partial charge in [-0.05, 0) is 62.8 Å². The van der Waals surface area contributed by atoms with E-state index in [1.807, 2.05) is 13.0 Å². The molecule has 20 heavy (non-hydrogen) atoms. The molecule has 2 rings (SSSR count). The number of hydrogen-bond acceptors (Lipinski definition) is 3. The van der Waals surface area contributed by atoms with E-state index in [2.05, 4.69) is 4.90 Å². The van der Waals surface area contributed by atoms with Crippen molar-refractivity contribution in [2.75, 3.05) is 18.1 Å². The first-order valence-corrected chi connectivity index (χ1v) is 7.47. The molecule has 0 spiro atoms. The van der Waals surface area contributed by atoms with Crippen LogP contribution in [0.2, 0.25) is 0 Å². The fourth-order valence-corrected chi connectivity index (χ4v) is 3.08. The Hall–Kier alpha value is -1.13. The highest BCUT2D eigenvalue weighted by molar-refractivity contribution is 5.58. The molecule has 0 amide bonds. The second-order valence-electron chi connectivity index (χ2n) is 5.80. The highest BCUT2D eigenvalue weighted by atomic mass is 19.1. The van der Waals surface area contributed by atoms with E-state index in [1.54, 1.807) is 13.0 Å². The molecular formula is C16H25FN2O. The number of aliphatic hydroxyl groups is 1. The van der Waals surface area contributed by atoms with Crippen LogP contribution in [0.5, 0.6) is 0 Å². The number of rotatable bonds is 5. The molecule has 1 heterocycles. The first-order valence-electron chi connectivity index (χ1n) is 7.47. The molecule has 2 unspecified atom stereocenters. The molecule has 3 N–H and O–H groups in total. The fourth-order valence-electron chi connectivity index (χ4n) is 3.08. The largest absolute Gasteiger partial charge is 0.396 e. The predicted octanol–water partition coefficient (Wildman–Crippen LogP) is 2.90. The Balaban J connectivity index is 2.32. The molecule has 3 nitrogen and oxygen atoms in total. The Labute approximate surface area is 120 Å². The number of hydrogen-bond donors (Lipinski definition) is 2. The van der Waals surface area contributed by atoms with Gasteiger partial charge >= 0.3 is 0 Å². The second-order valence-corrected chi connectivity index (χ2v) is 5.80. The second kappa shape index (κ2) is 6.55. The van der Waals surface area contributed by atoms with Crippen molar-refractivity contribution in [2.24, 2.45) is 5.73 Å². The molecule has 2 atom stereocenters. The summed E-state index contributed by atoms with van der Waals surface area (Å²) < 4.78 is 13.8. The molecule has 0 aromatic heterocycles. The van der Waals surface area contributed by atoms with Crippen LogP contribution >= 0.6 is 0 Å². The minimum atomic E-state index is -0.188. The van der Waals surface area contributed by atoms with Crippen LogP contribution in [0, 0.1) is 12.7 Å². The molecule has 4 heteroatoms. The fraction of sp³-hybridized carbons (Fsp3) is 0.625. The lowest BCUT2D eigenvalue weighted by molar-refractivity contribution is 0.279. The predicted molar refractivity (Wildman–Crippen MR) is 80.4 cm³/mol. The third-order valence-electron chi connectivity index (χ3n) is 4.18. The molecular weight excluding hydrogens is 255 g/mol. The van der Waals surface area contributed by atoms with Gasteiger partial charge < -0.3 is 15.7 Å². The number of nitrogens with zero attached hydrogens (tertiary/aromatic N) is 1. The van der Waals surface area contributed by atoms with Gasteiger partial charge in [-0.2, -0.15) is 0 Å². The van der Waals surface area contributed by atoms with E-state index in [4.69, 9.17) is 10.8 Å². The molecule has 0 radical (unpaired) electrons. The van der Waals surface area contributed by atoms with Crippen LogP contribution in [0.25, 0.3) is 0 Å². The number of halogens is 1. The van der Waals surface area contributed by atoms with Crippen LogP contribution in [0.15, 0.2) is 12.1 Å². The highest BCUT2D eigenvalue weighted by Gasteiger charge is 2.27. The third kappa shape index (κ3) is 3.13. The van der Waals surface area contributed by atoms with E-state index >= 15 is 0 Å². The van der Waals surface area contributed by atoms with Crippen LogP contribution < -0.4 is 10.6 Å². The lowest BCUT2D eigenvalue weighted by Crippen LogP contribution is -2.31. The van der Waals surface area contributed by atoms with E-state index in [1.165, 1.54) is 0 Å². The summed E-state index contributed by atoms with van der Waals surface area (Å²) in [5, 5.41) is 9.02. The molecule has 1 saturated heterocycles. The maximum atomic E-state index is 13.8. The average molecular weight is 280 g/mol. The van der Waals surface area contributed by atoms with Crippen molar-refractivity contribution in [3.63, 3.8) is 0 Å². The quantitative estimate of drug-likeness (QED) is 0.872. The summed E-state index contributed by atoms with van der Waals surface area (Å²) >= 11 is 0. The Morgan fingerprint density at radius 3 is 2.90 bits per heavy atom. The van der Waals surface area contributed by atoms with Crippen molar-refractivity contribution >= 4 is 5.69 Å². The van der Waals surface area contributed by atoms with Crippen molar-refractivity contribution in [1.82, 2.24) is 0 Å². The molecule has 1 aromatic carbocycles. The number of benzene rings is 1. The Morgan fingerprint density at radius 2 is 2.25 bits per heavy atom. The van der Waals surface area contributed by atoms with E-state index in [9.17, 15) is 4.39 Å². The topological polar surface area (TPSA) is 49.5 Å². The first-order chi connectivity index (χ1) is 9.54. The summed E-state index contributed by atoms with van der Waals surface area (Å²) in [4.78, 5) is 2.35. The molecule has 0 bridgehead atoms. The molecule has 1 aliphatic heterocycles. The van der Waals surface area contributed by atoms with E-state index in [-0.39, 0.29) is 18.5 Å². The molecule has 1 aromatic rings. The zero-order chi connectivity index (χ0) is 14.7. The molecule has 1 aliphatic rings. The molecule has 0 saturated carbocycles. The highest BCUT2D eigenvalue weighted by Crippen LogP contribution is 2.34. The lowest BCUT2D eigenvalue weighted by atomic mass is 10.0. The third-order valence-corrected chi connectivity index (χ3v) is 4.18. The summed E-state index contributed by atoms with van der Waals surface area (Å²) in [6, 6.07) is 3.76. The Kier molecular flexibility index (Phi) is 5.00. The lowest BCUT2D eigenvalue weighted by Gasteiger charge is -2.30. The van der Waals surface area contributed by atoms with Gasteiger partial charge in [0.15, 0.2) is 0 Å². The van der Waals surface area contributed by atoms with Gasteiger partial charge in [-0.3, -0.25) is 0 Å². The van der Waals surface area contributed by atoms with Crippen molar-refractivity contribution < 1.29 is 9.50 Å². The normalized spacial score (nSPS) is 20.4. The zero-order valence-electron chi connectivity index (χ0n) is 12.4. The van der Waals surface area contributed by atoms with Crippen LogP contribution in [-0.4, -0.2) is 24.3 Å². The van der Waals surface area contributed by atoms with E-state index in [0.717, 1.165) is 43.5 Å². The molecule has 1 fully saturated rings. The van der Waals surface area contributed by atoms with Gasteiger partial charge in [0.1, 0.15) is 5.82 Å². The van der Waals surface area contributed by atoms with Crippen molar-refractivity contribution in [3.8, 4) is 0 Å². The van der Waals surface area contributed by atoms with Gasteiger partial charge in [0, 0.05) is 30.9 Å². The van der Waals surface area contributed by atoms with Gasteiger partial charge in [-0.15, -0.1) is 0 Å². The van der Waals surface area contributed by atoms with E-state index in [0.29, 0.717) is 11.6 Å². The first kappa shape index (κ1) is 15.3. The Morgan fingerprint density at radius 1 is 1.50 bits per heavy atom. The van der Waals surface area contributed by atoms with Crippen molar-refractivity contribution in [1.29, 1.82) is 0 Å². The zero-order valence-corrected chi connectivity index (χ0v) is 12.4. The average Bonchev–Trinajstić information content (AvgIpc) is 2.87. The summed E-state index contributed by atoms with van der Waals surface area (Å²) in [5.74, 6) is -0.188. The van der Waals surface area contributed by atoms with Crippen LogP contribution in [0.3, 0.4) is 0 Å². The monoisotopic (exact) mass is 280 g/mol. The number of aliphatic hydroxyl groups excluding tert-OH is 1. The minimum absolute atomic E-state index is 0.181. The van der Waals surface area contributed by atoms with Crippen LogP contribution in [-0.2, 0) is 0 Å². The molecule has 112 valence electrons. The van der Waals surface area contributed by atoms with Gasteiger partial charge in [-0.25, -0.2) is 4.39 Å². The molecule has 0 aliphatic carbocycles. The number of aryl methyl sites for hydroxylation is 1. The number of anilines is 1. The number of nitrogens with two attached hydrogens (primary N) is 1. The van der Waals surface area contributed by atoms with Gasteiger partial charge in [0.25, 0.3) is 0 Å². The summed E-state index contributed by atoms with van der Waals surface area (Å²) in [7, 11) is 0. The van der Waals surface area contributed by atoms with Crippen LogP contribution in [0.1, 0.15) is 49.8 Å². The summed E-state index contributed by atoms with van der Waals surface area (Å²) in [6.45, 7) is 4.91. The maximum absolute atomic E-state index is 13.8. The van der Waals surface area contributed by atoms with Crippen molar-refractivity contribution in [3.05, 3.63) is 29.1 Å². The van der Waals surface area contributed by atoms with Crippen molar-refractivity contribution in [2.45, 2.75) is 51.6 Å².